The first-order chi connectivity index (χ1) is 11.6. The fourth-order valence-corrected chi connectivity index (χ4v) is 2.83. The molecular formula is C17H22N6O. The van der Waals surface area contributed by atoms with E-state index >= 15 is 0 Å². The largest absolute Gasteiger partial charge is 0.370 e. The number of fused-ring (bicyclic) bond motifs is 1. The molecule has 0 unspecified atom stereocenters. The first-order valence-corrected chi connectivity index (χ1v) is 8.05. The molecule has 126 valence electrons. The van der Waals surface area contributed by atoms with Crippen molar-refractivity contribution in [2.75, 3.05) is 6.54 Å². The van der Waals surface area contributed by atoms with E-state index in [1.54, 1.807) is 12.7 Å². The summed E-state index contributed by atoms with van der Waals surface area (Å²) >= 11 is 0. The van der Waals surface area contributed by atoms with E-state index in [4.69, 9.17) is 5.73 Å². The van der Waals surface area contributed by atoms with E-state index in [1.807, 2.05) is 16.8 Å². The van der Waals surface area contributed by atoms with Gasteiger partial charge < -0.3 is 15.6 Å². The van der Waals surface area contributed by atoms with Gasteiger partial charge in [0, 0.05) is 43.2 Å². The third kappa shape index (κ3) is 3.62. The van der Waals surface area contributed by atoms with Crippen LogP contribution in [0.3, 0.4) is 0 Å². The number of hydrogen-bond acceptors (Lipinski definition) is 4. The zero-order valence-corrected chi connectivity index (χ0v) is 13.7. The highest BCUT2D eigenvalue weighted by Crippen LogP contribution is 2.21. The topological polar surface area (TPSA) is 90.8 Å². The Morgan fingerprint density at radius 1 is 1.38 bits per heavy atom. The predicted octanol–water partition coefficient (Wildman–Crippen LogP) is 1.46. The molecule has 1 aromatic carbocycles. The molecule has 3 aromatic rings. The summed E-state index contributed by atoms with van der Waals surface area (Å²) < 4.78 is 3.93. The second kappa shape index (κ2) is 7.27. The molecule has 7 heteroatoms. The van der Waals surface area contributed by atoms with E-state index in [9.17, 15) is 4.79 Å². The molecule has 3 N–H and O–H groups in total. The van der Waals surface area contributed by atoms with Crippen LogP contribution in [0.5, 0.6) is 0 Å². The minimum absolute atomic E-state index is 0.232. The van der Waals surface area contributed by atoms with Crippen molar-refractivity contribution in [1.29, 1.82) is 0 Å². The zero-order chi connectivity index (χ0) is 16.9. The second-order valence-electron chi connectivity index (χ2n) is 5.94. The number of nitrogens with zero attached hydrogens (tertiary/aromatic N) is 4. The molecule has 24 heavy (non-hydrogen) atoms. The Kier molecular flexibility index (Phi) is 4.90. The van der Waals surface area contributed by atoms with Gasteiger partial charge in [-0.2, -0.15) is 5.10 Å². The lowest BCUT2D eigenvalue weighted by molar-refractivity contribution is -0.118. The molecule has 0 aliphatic heterocycles. The number of carbonyl (C=O) groups excluding carboxylic acids is 1. The van der Waals surface area contributed by atoms with Crippen molar-refractivity contribution in [3.05, 3.63) is 48.7 Å². The fraction of sp³-hybridized carbons (Fsp3) is 0.353. The Morgan fingerprint density at radius 3 is 2.96 bits per heavy atom. The average molecular weight is 326 g/mol. The standard InChI is InChI=1S/C17H22N6O/c1-13(23-12-20-11-21-23)8-19-9-14-10-22(7-6-17(18)24)16-5-3-2-4-15(14)16/h2-5,10-13,19H,6-9H2,1H3,(H2,18,24)/t13-/m0/s1. The van der Waals surface area contributed by atoms with Crippen LogP contribution in [0.15, 0.2) is 43.1 Å². The van der Waals surface area contributed by atoms with Crippen LogP contribution >= 0.6 is 0 Å². The second-order valence-corrected chi connectivity index (χ2v) is 5.94. The lowest BCUT2D eigenvalue weighted by atomic mass is 10.2. The average Bonchev–Trinajstić information content (AvgIpc) is 3.21. The molecule has 3 rings (SSSR count). The van der Waals surface area contributed by atoms with E-state index in [2.05, 4.69) is 45.2 Å². The summed E-state index contributed by atoms with van der Waals surface area (Å²) in [5.41, 5.74) is 7.61. The summed E-state index contributed by atoms with van der Waals surface area (Å²) in [7, 11) is 0. The van der Waals surface area contributed by atoms with Crippen molar-refractivity contribution < 1.29 is 4.79 Å². The van der Waals surface area contributed by atoms with Gasteiger partial charge in [-0.1, -0.05) is 18.2 Å². The van der Waals surface area contributed by atoms with Crippen LogP contribution in [-0.4, -0.2) is 31.8 Å². The number of primary amides is 1. The Hall–Kier alpha value is -2.67. The molecule has 2 aromatic heterocycles. The predicted molar refractivity (Wildman–Crippen MR) is 92.2 cm³/mol. The van der Waals surface area contributed by atoms with Crippen molar-refractivity contribution in [2.24, 2.45) is 5.73 Å². The van der Waals surface area contributed by atoms with Crippen LogP contribution in [0, 0.1) is 0 Å². The first-order valence-electron chi connectivity index (χ1n) is 8.05. The molecule has 0 bridgehead atoms. The van der Waals surface area contributed by atoms with Gasteiger partial charge in [0.05, 0.1) is 6.04 Å². The normalized spacial score (nSPS) is 12.5. The smallest absolute Gasteiger partial charge is 0.219 e. The van der Waals surface area contributed by atoms with Crippen LogP contribution in [-0.2, 0) is 17.9 Å². The van der Waals surface area contributed by atoms with Crippen LogP contribution in [0.4, 0.5) is 0 Å². The molecule has 7 nitrogen and oxygen atoms in total. The number of aromatic nitrogens is 4. The SMILES string of the molecule is C[C@@H](CNCc1cn(CCC(N)=O)c2ccccc12)n1cncn1. The number of rotatable bonds is 8. The number of nitrogens with two attached hydrogens (primary N) is 1. The Morgan fingerprint density at radius 2 is 2.21 bits per heavy atom. The van der Waals surface area contributed by atoms with Crippen LogP contribution in [0.25, 0.3) is 10.9 Å². The molecule has 0 saturated carbocycles. The monoisotopic (exact) mass is 326 g/mol. The van der Waals surface area contributed by atoms with Crippen LogP contribution in [0.1, 0.15) is 24.9 Å². The third-order valence-corrected chi connectivity index (χ3v) is 4.11. The van der Waals surface area contributed by atoms with Gasteiger partial charge >= 0.3 is 0 Å². The highest BCUT2D eigenvalue weighted by molar-refractivity contribution is 5.84. The van der Waals surface area contributed by atoms with E-state index in [-0.39, 0.29) is 11.9 Å². The van der Waals surface area contributed by atoms with Crippen molar-refractivity contribution in [2.45, 2.75) is 32.5 Å². The molecule has 0 saturated heterocycles. The summed E-state index contributed by atoms with van der Waals surface area (Å²) in [5.74, 6) is -0.283. The number of carbonyl (C=O) groups is 1. The minimum Gasteiger partial charge on any atom is -0.370 e. The maximum atomic E-state index is 11.1. The summed E-state index contributed by atoms with van der Waals surface area (Å²) in [4.78, 5) is 15.0. The van der Waals surface area contributed by atoms with E-state index in [1.165, 1.54) is 10.9 Å². The number of para-hydroxylation sites is 1. The Bertz CT molecular complexity index is 808. The maximum Gasteiger partial charge on any atom is 0.219 e. The number of hydrogen-bond donors (Lipinski definition) is 2. The molecule has 0 spiro atoms. The van der Waals surface area contributed by atoms with Crippen molar-refractivity contribution in [3.63, 3.8) is 0 Å². The molecule has 0 radical (unpaired) electrons. The first kappa shape index (κ1) is 16.2. The van der Waals surface area contributed by atoms with E-state index < -0.39 is 0 Å². The van der Waals surface area contributed by atoms with E-state index in [0.717, 1.165) is 18.6 Å². The van der Waals surface area contributed by atoms with Gasteiger partial charge in [0.15, 0.2) is 0 Å². The minimum atomic E-state index is -0.283. The summed E-state index contributed by atoms with van der Waals surface area (Å²) in [6, 6.07) is 8.44. The maximum absolute atomic E-state index is 11.1. The summed E-state index contributed by atoms with van der Waals surface area (Å²) in [6.45, 7) is 4.25. The number of benzene rings is 1. The van der Waals surface area contributed by atoms with E-state index in [0.29, 0.717) is 13.0 Å². The molecule has 0 aliphatic rings. The molecule has 0 aliphatic carbocycles. The van der Waals surface area contributed by atoms with Gasteiger partial charge in [0.25, 0.3) is 0 Å². The Labute approximate surface area is 140 Å². The molecular weight excluding hydrogens is 304 g/mol. The highest BCUT2D eigenvalue weighted by atomic mass is 16.1. The molecule has 1 amide bonds. The van der Waals surface area contributed by atoms with Gasteiger partial charge in [0.2, 0.25) is 5.91 Å². The van der Waals surface area contributed by atoms with Gasteiger partial charge in [-0.3, -0.25) is 4.79 Å². The Balaban J connectivity index is 1.68. The molecule has 1 atom stereocenters. The van der Waals surface area contributed by atoms with Gasteiger partial charge in [-0.25, -0.2) is 9.67 Å². The number of amides is 1. The van der Waals surface area contributed by atoms with Crippen molar-refractivity contribution >= 4 is 16.8 Å². The van der Waals surface area contributed by atoms with Gasteiger partial charge in [-0.05, 0) is 18.6 Å². The van der Waals surface area contributed by atoms with Gasteiger partial charge in [-0.15, -0.1) is 0 Å². The number of nitrogens with one attached hydrogen (secondary N) is 1. The van der Waals surface area contributed by atoms with Crippen molar-refractivity contribution in [3.8, 4) is 0 Å². The molecule has 0 fully saturated rings. The van der Waals surface area contributed by atoms with Crippen LogP contribution < -0.4 is 11.1 Å². The lowest BCUT2D eigenvalue weighted by Crippen LogP contribution is -2.23. The molecule has 2 heterocycles. The van der Waals surface area contributed by atoms with Crippen LogP contribution in [0.2, 0.25) is 0 Å². The number of aryl methyl sites for hydroxylation is 1. The quantitative estimate of drug-likeness (QED) is 0.655. The highest BCUT2D eigenvalue weighted by Gasteiger charge is 2.10. The van der Waals surface area contributed by atoms with Crippen molar-refractivity contribution in [1.82, 2.24) is 24.6 Å². The third-order valence-electron chi connectivity index (χ3n) is 4.11. The zero-order valence-electron chi connectivity index (χ0n) is 13.7. The summed E-state index contributed by atoms with van der Waals surface area (Å²) in [6.07, 6.45) is 5.71. The fourth-order valence-electron chi connectivity index (χ4n) is 2.83. The lowest BCUT2D eigenvalue weighted by Gasteiger charge is -2.12. The van der Waals surface area contributed by atoms with Gasteiger partial charge in [0.1, 0.15) is 12.7 Å². The summed E-state index contributed by atoms with van der Waals surface area (Å²) in [5, 5.41) is 8.82.